The summed E-state index contributed by atoms with van der Waals surface area (Å²) in [4.78, 5) is 18.1. The summed E-state index contributed by atoms with van der Waals surface area (Å²) in [7, 11) is 0. The number of fused-ring (bicyclic) bond motifs is 1. The second-order valence-electron chi connectivity index (χ2n) is 6.90. The molecule has 4 nitrogen and oxygen atoms in total. The van der Waals surface area contributed by atoms with Gasteiger partial charge in [0.25, 0.3) is 5.91 Å². The average molecular weight is 339 g/mol. The lowest BCUT2D eigenvalue weighted by Crippen LogP contribution is -2.43. The first-order valence-electron chi connectivity index (χ1n) is 8.02. The number of piperidine rings is 1. The Morgan fingerprint density at radius 3 is 2.42 bits per heavy atom. The maximum absolute atomic E-state index is 13.4. The van der Waals surface area contributed by atoms with E-state index in [-0.39, 0.29) is 23.2 Å². The van der Waals surface area contributed by atoms with Crippen LogP contribution in [0.25, 0.3) is 5.65 Å². The summed E-state index contributed by atoms with van der Waals surface area (Å²) in [6.07, 6.45) is -2.16. The highest BCUT2D eigenvalue weighted by molar-refractivity contribution is 5.95. The fourth-order valence-electron chi connectivity index (χ4n) is 3.53. The number of halogens is 3. The van der Waals surface area contributed by atoms with E-state index in [1.165, 1.54) is 21.6 Å². The van der Waals surface area contributed by atoms with Gasteiger partial charge in [0.05, 0.1) is 0 Å². The van der Waals surface area contributed by atoms with Crippen molar-refractivity contribution in [1.29, 1.82) is 0 Å². The van der Waals surface area contributed by atoms with Gasteiger partial charge in [-0.2, -0.15) is 13.2 Å². The van der Waals surface area contributed by atoms with Crippen molar-refractivity contribution in [2.24, 2.45) is 11.8 Å². The standard InChI is InChI=1S/C17H20F3N3O/c1-10-4-5-13-21-15(17(18,19)20)14(23(13)9-10)16(24)22-7-11(2)6-12(3)8-22/h4-5,9,11-12H,6-8H2,1-3H3. The molecular weight excluding hydrogens is 319 g/mol. The summed E-state index contributed by atoms with van der Waals surface area (Å²) in [5.41, 5.74) is -0.594. The third kappa shape index (κ3) is 2.99. The third-order valence-electron chi connectivity index (χ3n) is 4.39. The second kappa shape index (κ2) is 5.79. The highest BCUT2D eigenvalue weighted by Crippen LogP contribution is 2.33. The molecule has 2 aromatic heterocycles. The number of aromatic nitrogens is 2. The molecule has 0 aliphatic carbocycles. The van der Waals surface area contributed by atoms with Crippen LogP contribution in [0, 0.1) is 18.8 Å². The van der Waals surface area contributed by atoms with Gasteiger partial charge < -0.3 is 4.90 Å². The molecular formula is C17H20F3N3O. The summed E-state index contributed by atoms with van der Waals surface area (Å²) in [5.74, 6) is -0.0558. The van der Waals surface area contributed by atoms with E-state index < -0.39 is 17.8 Å². The quantitative estimate of drug-likeness (QED) is 0.793. The van der Waals surface area contributed by atoms with Crippen LogP contribution in [0.3, 0.4) is 0 Å². The van der Waals surface area contributed by atoms with Crippen molar-refractivity contribution in [3.05, 3.63) is 35.3 Å². The van der Waals surface area contributed by atoms with E-state index in [1.54, 1.807) is 13.0 Å². The average Bonchev–Trinajstić information content (AvgIpc) is 2.84. The van der Waals surface area contributed by atoms with E-state index in [0.29, 0.717) is 13.1 Å². The molecule has 3 rings (SSSR count). The number of hydrogen-bond donors (Lipinski definition) is 0. The first-order chi connectivity index (χ1) is 11.2. The normalized spacial score (nSPS) is 22.2. The van der Waals surface area contributed by atoms with Gasteiger partial charge in [-0.05, 0) is 36.8 Å². The Morgan fingerprint density at radius 2 is 1.83 bits per heavy atom. The number of carbonyl (C=O) groups excluding carboxylic acids is 1. The van der Waals surface area contributed by atoms with Crippen molar-refractivity contribution >= 4 is 11.6 Å². The van der Waals surface area contributed by atoms with Crippen molar-refractivity contribution in [2.75, 3.05) is 13.1 Å². The minimum atomic E-state index is -4.67. The number of pyridine rings is 1. The fourth-order valence-corrected chi connectivity index (χ4v) is 3.53. The Labute approximate surface area is 138 Å². The number of rotatable bonds is 1. The molecule has 7 heteroatoms. The molecule has 130 valence electrons. The molecule has 1 saturated heterocycles. The highest BCUT2D eigenvalue weighted by Gasteiger charge is 2.41. The van der Waals surface area contributed by atoms with Crippen LogP contribution in [0.5, 0.6) is 0 Å². The number of amides is 1. The molecule has 0 spiro atoms. The van der Waals surface area contributed by atoms with Crippen LogP contribution >= 0.6 is 0 Å². The smallest absolute Gasteiger partial charge is 0.337 e. The van der Waals surface area contributed by atoms with Crippen LogP contribution in [0.1, 0.15) is 42.0 Å². The zero-order valence-electron chi connectivity index (χ0n) is 13.9. The van der Waals surface area contributed by atoms with Gasteiger partial charge >= 0.3 is 6.18 Å². The molecule has 1 aliphatic heterocycles. The molecule has 1 amide bonds. The van der Waals surface area contributed by atoms with Crippen molar-refractivity contribution in [2.45, 2.75) is 33.4 Å². The first-order valence-corrected chi connectivity index (χ1v) is 8.02. The zero-order valence-corrected chi connectivity index (χ0v) is 13.9. The molecule has 0 radical (unpaired) electrons. The molecule has 0 N–H and O–H groups in total. The molecule has 24 heavy (non-hydrogen) atoms. The molecule has 0 saturated carbocycles. The molecule has 1 aliphatic rings. The summed E-state index contributed by atoms with van der Waals surface area (Å²) in [6, 6.07) is 3.19. The van der Waals surface area contributed by atoms with Crippen LogP contribution in [-0.2, 0) is 6.18 Å². The van der Waals surface area contributed by atoms with Crippen molar-refractivity contribution in [3.8, 4) is 0 Å². The molecule has 2 unspecified atom stereocenters. The van der Waals surface area contributed by atoms with E-state index in [9.17, 15) is 18.0 Å². The number of carbonyl (C=O) groups is 1. The molecule has 0 bridgehead atoms. The zero-order chi connectivity index (χ0) is 17.6. The van der Waals surface area contributed by atoms with Gasteiger partial charge in [-0.25, -0.2) is 4.98 Å². The van der Waals surface area contributed by atoms with E-state index in [1.807, 2.05) is 13.8 Å². The maximum Gasteiger partial charge on any atom is 0.435 e. The second-order valence-corrected chi connectivity index (χ2v) is 6.90. The van der Waals surface area contributed by atoms with Crippen LogP contribution in [0.15, 0.2) is 18.3 Å². The van der Waals surface area contributed by atoms with E-state index in [0.717, 1.165) is 12.0 Å². The lowest BCUT2D eigenvalue weighted by Gasteiger charge is -2.35. The first kappa shape index (κ1) is 16.8. The highest BCUT2D eigenvalue weighted by atomic mass is 19.4. The molecule has 2 atom stereocenters. The fraction of sp³-hybridized carbons (Fsp3) is 0.529. The summed E-state index contributed by atoms with van der Waals surface area (Å²) < 4.78 is 41.5. The number of nitrogens with zero attached hydrogens (tertiary/aromatic N) is 3. The van der Waals surface area contributed by atoms with Crippen molar-refractivity contribution in [3.63, 3.8) is 0 Å². The summed E-state index contributed by atoms with van der Waals surface area (Å²) >= 11 is 0. The Balaban J connectivity index is 2.12. The predicted molar refractivity (Wildman–Crippen MR) is 83.8 cm³/mol. The van der Waals surface area contributed by atoms with Gasteiger partial charge in [-0.3, -0.25) is 9.20 Å². The van der Waals surface area contributed by atoms with Gasteiger partial charge in [-0.1, -0.05) is 19.9 Å². The molecule has 3 heterocycles. The number of alkyl halides is 3. The monoisotopic (exact) mass is 339 g/mol. The van der Waals surface area contributed by atoms with Gasteiger partial charge in [0, 0.05) is 19.3 Å². The lowest BCUT2D eigenvalue weighted by molar-refractivity contribution is -0.141. The molecule has 0 aromatic carbocycles. The summed E-state index contributed by atoms with van der Waals surface area (Å²) in [5, 5.41) is 0. The predicted octanol–water partition coefficient (Wildman–Crippen LogP) is 3.78. The van der Waals surface area contributed by atoms with Crippen LogP contribution in [0.4, 0.5) is 13.2 Å². The van der Waals surface area contributed by atoms with Crippen molar-refractivity contribution in [1.82, 2.24) is 14.3 Å². The Bertz CT molecular complexity index is 771. The lowest BCUT2D eigenvalue weighted by atomic mass is 9.91. The number of likely N-dealkylation sites (tertiary alicyclic amines) is 1. The van der Waals surface area contributed by atoms with Gasteiger partial charge in [-0.15, -0.1) is 0 Å². The van der Waals surface area contributed by atoms with Gasteiger partial charge in [0.1, 0.15) is 11.3 Å². The van der Waals surface area contributed by atoms with Crippen LogP contribution in [-0.4, -0.2) is 33.3 Å². The largest absolute Gasteiger partial charge is 0.435 e. The van der Waals surface area contributed by atoms with Gasteiger partial charge in [0.15, 0.2) is 5.69 Å². The molecule has 1 fully saturated rings. The SMILES string of the molecule is Cc1ccc2nc(C(F)(F)F)c(C(=O)N3CC(C)CC(C)C3)n2c1. The van der Waals surface area contributed by atoms with E-state index in [4.69, 9.17) is 0 Å². The molecule has 2 aromatic rings. The topological polar surface area (TPSA) is 37.6 Å². The summed E-state index contributed by atoms with van der Waals surface area (Å²) in [6.45, 7) is 6.74. The van der Waals surface area contributed by atoms with E-state index >= 15 is 0 Å². The minimum absolute atomic E-state index is 0.134. The Kier molecular flexibility index (Phi) is 4.05. The van der Waals surface area contributed by atoms with Gasteiger partial charge in [0.2, 0.25) is 0 Å². The maximum atomic E-state index is 13.4. The van der Waals surface area contributed by atoms with Crippen LogP contribution < -0.4 is 0 Å². The third-order valence-corrected chi connectivity index (χ3v) is 4.39. The Morgan fingerprint density at radius 1 is 1.21 bits per heavy atom. The minimum Gasteiger partial charge on any atom is -0.337 e. The number of aryl methyl sites for hydroxylation is 1. The van der Waals surface area contributed by atoms with Crippen LogP contribution in [0.2, 0.25) is 0 Å². The van der Waals surface area contributed by atoms with Crippen molar-refractivity contribution < 1.29 is 18.0 Å². The number of imidazole rings is 1. The van der Waals surface area contributed by atoms with E-state index in [2.05, 4.69) is 4.98 Å². The Hall–Kier alpha value is -2.05. The number of hydrogen-bond acceptors (Lipinski definition) is 2.